The van der Waals surface area contributed by atoms with Crippen LogP contribution < -0.4 is 4.74 Å². The Balaban J connectivity index is 1.48. The molecule has 9 nitrogen and oxygen atoms in total. The molecule has 0 aliphatic heterocycles. The Morgan fingerprint density at radius 2 is 1.71 bits per heavy atom. The number of hydrogen-bond donors (Lipinski definition) is 1. The van der Waals surface area contributed by atoms with Gasteiger partial charge in [-0.25, -0.2) is 13.2 Å². The van der Waals surface area contributed by atoms with Crippen LogP contribution in [0.2, 0.25) is 0 Å². The van der Waals surface area contributed by atoms with E-state index in [0.29, 0.717) is 31.0 Å². The third-order valence-electron chi connectivity index (χ3n) is 7.32. The number of sulfonamides is 1. The van der Waals surface area contributed by atoms with Crippen LogP contribution in [0.1, 0.15) is 36.9 Å². The van der Waals surface area contributed by atoms with E-state index in [2.05, 4.69) is 4.98 Å². The lowest BCUT2D eigenvalue weighted by Crippen LogP contribution is -2.46. The van der Waals surface area contributed by atoms with Crippen LogP contribution in [0.3, 0.4) is 0 Å². The van der Waals surface area contributed by atoms with Crippen molar-refractivity contribution in [2.24, 2.45) is 5.92 Å². The molecule has 1 N–H and O–H groups in total. The lowest BCUT2D eigenvalue weighted by molar-refractivity contribution is 0.0615. The van der Waals surface area contributed by atoms with Crippen LogP contribution in [0.25, 0.3) is 0 Å². The molecule has 3 aromatic rings. The number of methoxy groups -OCH3 is 1. The summed E-state index contributed by atoms with van der Waals surface area (Å²) in [6, 6.07) is 21.3. The van der Waals surface area contributed by atoms with Crippen LogP contribution >= 0.6 is 0 Å². The van der Waals surface area contributed by atoms with Crippen LogP contribution in [0, 0.1) is 5.92 Å². The molecule has 1 heterocycles. The highest BCUT2D eigenvalue weighted by molar-refractivity contribution is 7.89. The number of aliphatic hydroxyl groups excluding tert-OH is 1. The Morgan fingerprint density at radius 1 is 1.00 bits per heavy atom. The molecule has 41 heavy (non-hydrogen) atoms. The van der Waals surface area contributed by atoms with Gasteiger partial charge in [0.05, 0.1) is 30.3 Å². The standard InChI is InChI=1S/C31H39N3O6S/c1-39-29-14-16-30(17-15-29)41(37,38)34(21-26-11-5-6-12-26)23-28(35)22-33(20-18-25-9-3-2-4-10-25)31(36)40-24-27-13-7-8-19-32-27/h2-4,7-10,13-17,19,26,28,35H,5-6,11-12,18,20-24H2,1H3/t28-/m0/s1. The van der Waals surface area contributed by atoms with Crippen molar-refractivity contribution in [3.8, 4) is 5.75 Å². The molecule has 0 bridgehead atoms. The average Bonchev–Trinajstić information content (AvgIpc) is 3.52. The molecule has 1 aromatic heterocycles. The summed E-state index contributed by atoms with van der Waals surface area (Å²) in [5.41, 5.74) is 1.65. The number of aliphatic hydroxyl groups is 1. The zero-order valence-electron chi connectivity index (χ0n) is 23.5. The highest BCUT2D eigenvalue weighted by Gasteiger charge is 2.31. The van der Waals surface area contributed by atoms with Gasteiger partial charge in [-0.1, -0.05) is 49.2 Å². The molecule has 2 aromatic carbocycles. The average molecular weight is 582 g/mol. The second-order valence-electron chi connectivity index (χ2n) is 10.4. The summed E-state index contributed by atoms with van der Waals surface area (Å²) < 4.78 is 39.5. The molecule has 0 saturated heterocycles. The van der Waals surface area contributed by atoms with Gasteiger partial charge in [0.15, 0.2) is 0 Å². The van der Waals surface area contributed by atoms with Gasteiger partial charge < -0.3 is 19.5 Å². The first-order valence-electron chi connectivity index (χ1n) is 14.0. The number of pyridine rings is 1. The number of carbonyl (C=O) groups is 1. The fourth-order valence-corrected chi connectivity index (χ4v) is 6.63. The van der Waals surface area contributed by atoms with E-state index in [4.69, 9.17) is 9.47 Å². The van der Waals surface area contributed by atoms with E-state index in [1.807, 2.05) is 36.4 Å². The van der Waals surface area contributed by atoms with Gasteiger partial charge in [0.25, 0.3) is 0 Å². The Morgan fingerprint density at radius 3 is 2.37 bits per heavy atom. The van der Waals surface area contributed by atoms with E-state index in [0.717, 1.165) is 31.2 Å². The molecule has 1 fully saturated rings. The van der Waals surface area contributed by atoms with Crippen molar-refractivity contribution in [2.45, 2.75) is 49.7 Å². The van der Waals surface area contributed by atoms with Crippen molar-refractivity contribution < 1.29 is 27.8 Å². The molecule has 0 radical (unpaired) electrons. The number of ether oxygens (including phenoxy) is 2. The molecule has 0 unspecified atom stereocenters. The molecule has 10 heteroatoms. The van der Waals surface area contributed by atoms with E-state index < -0.39 is 22.2 Å². The van der Waals surface area contributed by atoms with Gasteiger partial charge in [-0.05, 0) is 67.1 Å². The summed E-state index contributed by atoms with van der Waals surface area (Å²) >= 11 is 0. The zero-order valence-corrected chi connectivity index (χ0v) is 24.3. The van der Waals surface area contributed by atoms with Gasteiger partial charge in [-0.15, -0.1) is 0 Å². The van der Waals surface area contributed by atoms with Crippen molar-refractivity contribution in [3.63, 3.8) is 0 Å². The first kappa shape index (κ1) is 30.5. The SMILES string of the molecule is COc1ccc(S(=O)(=O)N(CC2CCCC2)C[C@@H](O)CN(CCc2ccccc2)C(=O)OCc2ccccn2)cc1. The molecule has 1 atom stereocenters. The Hall–Kier alpha value is -3.47. The maximum absolute atomic E-state index is 13.7. The predicted octanol–water partition coefficient (Wildman–Crippen LogP) is 4.51. The van der Waals surface area contributed by atoms with Crippen molar-refractivity contribution >= 4 is 16.1 Å². The van der Waals surface area contributed by atoms with Gasteiger partial charge in [0, 0.05) is 25.8 Å². The Bertz CT molecular complexity index is 1320. The monoisotopic (exact) mass is 581 g/mol. The largest absolute Gasteiger partial charge is 0.497 e. The van der Waals surface area contributed by atoms with Gasteiger partial charge in [0.2, 0.25) is 10.0 Å². The first-order chi connectivity index (χ1) is 19.8. The lowest BCUT2D eigenvalue weighted by Gasteiger charge is -2.30. The maximum Gasteiger partial charge on any atom is 0.410 e. The number of aromatic nitrogens is 1. The molecular weight excluding hydrogens is 542 g/mol. The third kappa shape index (κ3) is 9.01. The van der Waals surface area contributed by atoms with Gasteiger partial charge >= 0.3 is 6.09 Å². The minimum atomic E-state index is -3.89. The fraction of sp³-hybridized carbons (Fsp3) is 0.419. The molecule has 1 amide bonds. The summed E-state index contributed by atoms with van der Waals surface area (Å²) in [5, 5.41) is 11.2. The minimum absolute atomic E-state index is 0.00272. The van der Waals surface area contributed by atoms with Gasteiger partial charge in [0.1, 0.15) is 12.4 Å². The lowest BCUT2D eigenvalue weighted by atomic mass is 10.1. The zero-order chi connectivity index (χ0) is 29.1. The highest BCUT2D eigenvalue weighted by Crippen LogP contribution is 2.28. The molecule has 1 saturated carbocycles. The third-order valence-corrected chi connectivity index (χ3v) is 9.17. The molecule has 1 aliphatic carbocycles. The van der Waals surface area contributed by atoms with Gasteiger partial charge in [-0.3, -0.25) is 4.98 Å². The summed E-state index contributed by atoms with van der Waals surface area (Å²) in [6.45, 7) is 0.403. The van der Waals surface area contributed by atoms with Crippen LogP contribution in [-0.2, 0) is 27.8 Å². The number of nitrogens with zero attached hydrogens (tertiary/aromatic N) is 3. The second-order valence-corrected chi connectivity index (χ2v) is 12.3. The van der Waals surface area contributed by atoms with Crippen LogP contribution in [0.4, 0.5) is 4.79 Å². The molecular formula is C31H39N3O6S. The topological polar surface area (TPSA) is 109 Å². The van der Waals surface area contributed by atoms with Crippen molar-refractivity contribution in [3.05, 3.63) is 90.3 Å². The number of carbonyl (C=O) groups excluding carboxylic acids is 1. The van der Waals surface area contributed by atoms with Gasteiger partial charge in [-0.2, -0.15) is 4.31 Å². The molecule has 220 valence electrons. The quantitative estimate of drug-likeness (QED) is 0.298. The summed E-state index contributed by atoms with van der Waals surface area (Å²) in [4.78, 5) is 18.9. The van der Waals surface area contributed by atoms with Crippen molar-refractivity contribution in [1.82, 2.24) is 14.2 Å². The van der Waals surface area contributed by atoms with Crippen LogP contribution in [-0.4, -0.2) is 73.2 Å². The summed E-state index contributed by atoms with van der Waals surface area (Å²) in [7, 11) is -2.37. The molecule has 1 aliphatic rings. The van der Waals surface area contributed by atoms with E-state index in [-0.39, 0.29) is 30.5 Å². The second kappa shape index (κ2) is 15.0. The van der Waals surface area contributed by atoms with E-state index >= 15 is 0 Å². The van der Waals surface area contributed by atoms with Crippen molar-refractivity contribution in [2.75, 3.05) is 33.3 Å². The van der Waals surface area contributed by atoms with Crippen LogP contribution in [0.5, 0.6) is 5.75 Å². The first-order valence-corrected chi connectivity index (χ1v) is 15.5. The fourth-order valence-electron chi connectivity index (χ4n) is 5.07. The number of hydrogen-bond acceptors (Lipinski definition) is 7. The Labute approximate surface area is 242 Å². The maximum atomic E-state index is 13.7. The number of rotatable bonds is 14. The number of amides is 1. The highest BCUT2D eigenvalue weighted by atomic mass is 32.2. The van der Waals surface area contributed by atoms with E-state index in [1.165, 1.54) is 28.4 Å². The normalized spacial score (nSPS) is 14.6. The Kier molecular flexibility index (Phi) is 11.1. The number of benzene rings is 2. The predicted molar refractivity (Wildman–Crippen MR) is 156 cm³/mol. The van der Waals surface area contributed by atoms with E-state index in [1.54, 1.807) is 30.5 Å². The summed E-state index contributed by atoms with van der Waals surface area (Å²) in [6.07, 6.45) is 4.51. The smallest absolute Gasteiger partial charge is 0.410 e. The molecule has 4 rings (SSSR count). The molecule has 0 spiro atoms. The summed E-state index contributed by atoms with van der Waals surface area (Å²) in [5.74, 6) is 0.789. The van der Waals surface area contributed by atoms with Crippen molar-refractivity contribution in [1.29, 1.82) is 0 Å². The minimum Gasteiger partial charge on any atom is -0.497 e. The van der Waals surface area contributed by atoms with Crippen LogP contribution in [0.15, 0.2) is 83.9 Å². The van der Waals surface area contributed by atoms with E-state index in [9.17, 15) is 18.3 Å².